The van der Waals surface area contributed by atoms with Crippen molar-refractivity contribution in [3.63, 3.8) is 0 Å². The van der Waals surface area contributed by atoms with Crippen molar-refractivity contribution in [2.24, 2.45) is 0 Å². The van der Waals surface area contributed by atoms with E-state index in [4.69, 9.17) is 0 Å². The zero-order chi connectivity index (χ0) is 15.1. The first-order chi connectivity index (χ1) is 9.49. The van der Waals surface area contributed by atoms with Gasteiger partial charge in [-0.3, -0.25) is 10.1 Å². The molecule has 0 amide bonds. The third-order valence-electron chi connectivity index (χ3n) is 3.67. The van der Waals surface area contributed by atoms with E-state index in [1.165, 1.54) is 0 Å². The van der Waals surface area contributed by atoms with Crippen LogP contribution >= 0.6 is 0 Å². The molecule has 0 saturated carbocycles. The predicted octanol–water partition coefficient (Wildman–Crippen LogP) is 3.36. The zero-order valence-corrected chi connectivity index (χ0v) is 12.9. The van der Waals surface area contributed by atoms with Gasteiger partial charge >= 0.3 is 0 Å². The first-order valence-electron chi connectivity index (χ1n) is 7.21. The molecule has 1 aromatic rings. The summed E-state index contributed by atoms with van der Waals surface area (Å²) in [4.78, 5) is 13.1. The minimum absolute atomic E-state index is 0.163. The molecule has 1 rings (SSSR count). The largest absolute Gasteiger partial charge is 0.379 e. The van der Waals surface area contributed by atoms with Crippen molar-refractivity contribution < 1.29 is 4.92 Å². The van der Waals surface area contributed by atoms with E-state index < -0.39 is 0 Å². The molecule has 112 valence electrons. The second-order valence-electron chi connectivity index (χ2n) is 5.02. The molecule has 0 atom stereocenters. The fourth-order valence-corrected chi connectivity index (χ4v) is 2.16. The number of anilines is 1. The summed E-state index contributed by atoms with van der Waals surface area (Å²) in [6.45, 7) is 12.0. The van der Waals surface area contributed by atoms with Crippen molar-refractivity contribution in [1.29, 1.82) is 0 Å². The predicted molar refractivity (Wildman–Crippen MR) is 83.5 cm³/mol. The van der Waals surface area contributed by atoms with Gasteiger partial charge in [-0.1, -0.05) is 13.8 Å². The van der Waals surface area contributed by atoms with Gasteiger partial charge < -0.3 is 10.2 Å². The second kappa shape index (κ2) is 7.85. The molecular formula is C15H25N3O2. The fourth-order valence-electron chi connectivity index (χ4n) is 2.16. The third kappa shape index (κ3) is 4.49. The van der Waals surface area contributed by atoms with Gasteiger partial charge in [0.1, 0.15) is 5.69 Å². The Morgan fingerprint density at radius 3 is 2.35 bits per heavy atom. The number of aryl methyl sites for hydroxylation is 2. The number of nitrogens with zero attached hydrogens (tertiary/aromatic N) is 2. The highest BCUT2D eigenvalue weighted by molar-refractivity contribution is 5.64. The highest BCUT2D eigenvalue weighted by Gasteiger charge is 2.14. The van der Waals surface area contributed by atoms with E-state index >= 15 is 0 Å². The SMILES string of the molecule is CCN(CC)CCCNc1cc(C)c(C)cc1[N+](=O)[O-]. The Hall–Kier alpha value is -1.62. The Balaban J connectivity index is 2.63. The molecule has 5 nitrogen and oxygen atoms in total. The Labute approximate surface area is 121 Å². The summed E-state index contributed by atoms with van der Waals surface area (Å²) in [5.74, 6) is 0. The molecule has 0 unspecified atom stereocenters. The van der Waals surface area contributed by atoms with Crippen LogP contribution in [0.5, 0.6) is 0 Å². The molecule has 0 fully saturated rings. The average molecular weight is 279 g/mol. The van der Waals surface area contributed by atoms with Crippen molar-refractivity contribution in [2.45, 2.75) is 34.1 Å². The van der Waals surface area contributed by atoms with Crippen molar-refractivity contribution >= 4 is 11.4 Å². The number of benzene rings is 1. The van der Waals surface area contributed by atoms with Crippen LogP contribution in [0, 0.1) is 24.0 Å². The van der Waals surface area contributed by atoms with E-state index in [9.17, 15) is 10.1 Å². The molecule has 0 radical (unpaired) electrons. The summed E-state index contributed by atoms with van der Waals surface area (Å²) in [5, 5.41) is 14.3. The normalized spacial score (nSPS) is 10.8. The molecule has 0 aliphatic rings. The maximum atomic E-state index is 11.1. The van der Waals surface area contributed by atoms with Gasteiger partial charge in [-0.05, 0) is 57.1 Å². The van der Waals surface area contributed by atoms with Crippen LogP contribution in [-0.2, 0) is 0 Å². The minimum atomic E-state index is -0.320. The van der Waals surface area contributed by atoms with Crippen LogP contribution in [0.4, 0.5) is 11.4 Å². The molecule has 0 aliphatic heterocycles. The smallest absolute Gasteiger partial charge is 0.292 e. The fraction of sp³-hybridized carbons (Fsp3) is 0.600. The van der Waals surface area contributed by atoms with Gasteiger partial charge in [0.05, 0.1) is 4.92 Å². The average Bonchev–Trinajstić information content (AvgIpc) is 2.42. The molecule has 20 heavy (non-hydrogen) atoms. The number of hydrogen-bond donors (Lipinski definition) is 1. The van der Waals surface area contributed by atoms with Crippen LogP contribution in [0.25, 0.3) is 0 Å². The van der Waals surface area contributed by atoms with Crippen LogP contribution in [0.3, 0.4) is 0 Å². The summed E-state index contributed by atoms with van der Waals surface area (Å²) < 4.78 is 0. The number of rotatable bonds is 8. The zero-order valence-electron chi connectivity index (χ0n) is 12.9. The molecule has 0 bridgehead atoms. The van der Waals surface area contributed by atoms with Gasteiger partial charge in [-0.15, -0.1) is 0 Å². The highest BCUT2D eigenvalue weighted by atomic mass is 16.6. The molecule has 0 saturated heterocycles. The summed E-state index contributed by atoms with van der Waals surface area (Å²) in [6, 6.07) is 3.51. The monoisotopic (exact) mass is 279 g/mol. The number of nitrogens with one attached hydrogen (secondary N) is 1. The molecule has 5 heteroatoms. The molecule has 0 aliphatic carbocycles. The van der Waals surface area contributed by atoms with Gasteiger partial charge in [0, 0.05) is 12.6 Å². The lowest BCUT2D eigenvalue weighted by atomic mass is 10.1. The lowest BCUT2D eigenvalue weighted by Crippen LogP contribution is -2.25. The third-order valence-corrected chi connectivity index (χ3v) is 3.67. The van der Waals surface area contributed by atoms with Crippen molar-refractivity contribution in [2.75, 3.05) is 31.5 Å². The van der Waals surface area contributed by atoms with Gasteiger partial charge in [0.25, 0.3) is 5.69 Å². The second-order valence-corrected chi connectivity index (χ2v) is 5.02. The van der Waals surface area contributed by atoms with Crippen molar-refractivity contribution in [3.05, 3.63) is 33.4 Å². The molecule has 1 N–H and O–H groups in total. The maximum Gasteiger partial charge on any atom is 0.292 e. The van der Waals surface area contributed by atoms with E-state index in [2.05, 4.69) is 24.1 Å². The van der Waals surface area contributed by atoms with Crippen LogP contribution in [-0.4, -0.2) is 36.0 Å². The van der Waals surface area contributed by atoms with Gasteiger partial charge in [-0.2, -0.15) is 0 Å². The summed E-state index contributed by atoms with van der Waals surface area (Å²) in [5.41, 5.74) is 2.81. The standard InChI is InChI=1S/C15H25N3O2/c1-5-17(6-2)9-7-8-16-14-10-12(3)13(4)11-15(14)18(19)20/h10-11,16H,5-9H2,1-4H3. The van der Waals surface area contributed by atoms with Gasteiger partial charge in [-0.25, -0.2) is 0 Å². The molecule has 0 spiro atoms. The Kier molecular flexibility index (Phi) is 6.45. The molecule has 1 aromatic carbocycles. The van der Waals surface area contributed by atoms with E-state index in [-0.39, 0.29) is 10.6 Å². The van der Waals surface area contributed by atoms with Gasteiger partial charge in [0.2, 0.25) is 0 Å². The Morgan fingerprint density at radius 1 is 1.20 bits per heavy atom. The van der Waals surface area contributed by atoms with Crippen LogP contribution < -0.4 is 5.32 Å². The number of nitro benzene ring substituents is 1. The van der Waals surface area contributed by atoms with Crippen LogP contribution in [0.2, 0.25) is 0 Å². The number of hydrogen-bond acceptors (Lipinski definition) is 4. The van der Waals surface area contributed by atoms with E-state index in [1.54, 1.807) is 6.07 Å². The van der Waals surface area contributed by atoms with Gasteiger partial charge in [0.15, 0.2) is 0 Å². The molecule has 0 heterocycles. The lowest BCUT2D eigenvalue weighted by Gasteiger charge is -2.18. The van der Waals surface area contributed by atoms with E-state index in [0.717, 1.165) is 43.7 Å². The van der Waals surface area contributed by atoms with Crippen LogP contribution in [0.1, 0.15) is 31.4 Å². The first kappa shape index (κ1) is 16.4. The summed E-state index contributed by atoms with van der Waals surface area (Å²) in [7, 11) is 0. The lowest BCUT2D eigenvalue weighted by molar-refractivity contribution is -0.384. The number of nitro groups is 1. The first-order valence-corrected chi connectivity index (χ1v) is 7.21. The van der Waals surface area contributed by atoms with Crippen LogP contribution in [0.15, 0.2) is 12.1 Å². The molecule has 0 aromatic heterocycles. The highest BCUT2D eigenvalue weighted by Crippen LogP contribution is 2.27. The quantitative estimate of drug-likeness (QED) is 0.450. The molecular weight excluding hydrogens is 254 g/mol. The Bertz CT molecular complexity index is 457. The summed E-state index contributed by atoms with van der Waals surface area (Å²) in [6.07, 6.45) is 0.978. The van der Waals surface area contributed by atoms with Crippen molar-refractivity contribution in [1.82, 2.24) is 4.90 Å². The minimum Gasteiger partial charge on any atom is -0.379 e. The van der Waals surface area contributed by atoms with E-state index in [0.29, 0.717) is 5.69 Å². The Morgan fingerprint density at radius 2 is 1.80 bits per heavy atom. The topological polar surface area (TPSA) is 58.4 Å². The van der Waals surface area contributed by atoms with Crippen molar-refractivity contribution in [3.8, 4) is 0 Å². The summed E-state index contributed by atoms with van der Waals surface area (Å²) >= 11 is 0. The maximum absolute atomic E-state index is 11.1. The van der Waals surface area contributed by atoms with E-state index in [1.807, 2.05) is 19.9 Å².